The third-order valence-corrected chi connectivity index (χ3v) is 3.91. The summed E-state index contributed by atoms with van der Waals surface area (Å²) < 4.78 is 0. The zero-order valence-electron chi connectivity index (χ0n) is 11.9. The first-order valence-electron chi connectivity index (χ1n) is 7.51. The van der Waals surface area contributed by atoms with E-state index in [2.05, 4.69) is 30.3 Å². The Kier molecular flexibility index (Phi) is 5.61. The highest BCUT2D eigenvalue weighted by Crippen LogP contribution is 2.17. The molecule has 2 rings (SSSR count). The molecule has 0 bridgehead atoms. The molecule has 0 aromatic heterocycles. The number of nitriles is 1. The quantitative estimate of drug-likeness (QED) is 0.771. The molecule has 0 saturated carbocycles. The van der Waals surface area contributed by atoms with E-state index in [0.29, 0.717) is 13.0 Å². The van der Waals surface area contributed by atoms with Gasteiger partial charge in [0.15, 0.2) is 0 Å². The van der Waals surface area contributed by atoms with Gasteiger partial charge in [-0.05, 0) is 37.7 Å². The van der Waals surface area contributed by atoms with Crippen LogP contribution in [0.5, 0.6) is 0 Å². The zero-order valence-corrected chi connectivity index (χ0v) is 11.9. The van der Waals surface area contributed by atoms with Gasteiger partial charge in [0.2, 0.25) is 5.91 Å². The molecule has 1 fully saturated rings. The average Bonchev–Trinajstić information content (AvgIpc) is 2.52. The van der Waals surface area contributed by atoms with Crippen LogP contribution in [-0.4, -0.2) is 23.9 Å². The van der Waals surface area contributed by atoms with Crippen LogP contribution in [0, 0.1) is 17.2 Å². The SMILES string of the molecule is N#C[C@@H]1CCCN(C(=O)CCCCc2ccccc2)C1. The molecule has 1 amide bonds. The molecule has 0 spiro atoms. The van der Waals surface area contributed by atoms with E-state index in [9.17, 15) is 4.79 Å². The van der Waals surface area contributed by atoms with Crippen LogP contribution in [0.4, 0.5) is 0 Å². The van der Waals surface area contributed by atoms with E-state index >= 15 is 0 Å². The van der Waals surface area contributed by atoms with Crippen LogP contribution in [0.3, 0.4) is 0 Å². The molecule has 0 N–H and O–H groups in total. The molecule has 3 nitrogen and oxygen atoms in total. The van der Waals surface area contributed by atoms with Crippen LogP contribution in [0.1, 0.15) is 37.7 Å². The first-order valence-corrected chi connectivity index (χ1v) is 7.51. The third-order valence-electron chi connectivity index (χ3n) is 3.91. The molecule has 0 unspecified atom stereocenters. The maximum atomic E-state index is 12.1. The van der Waals surface area contributed by atoms with Gasteiger partial charge < -0.3 is 4.90 Å². The topological polar surface area (TPSA) is 44.1 Å². The van der Waals surface area contributed by atoms with Crippen molar-refractivity contribution >= 4 is 5.91 Å². The van der Waals surface area contributed by atoms with Gasteiger partial charge in [-0.1, -0.05) is 30.3 Å². The summed E-state index contributed by atoms with van der Waals surface area (Å²) in [4.78, 5) is 14.0. The number of piperidine rings is 1. The normalized spacial score (nSPS) is 18.6. The number of carbonyl (C=O) groups excluding carboxylic acids is 1. The molecule has 1 aromatic carbocycles. The molecular formula is C17H22N2O. The van der Waals surface area contributed by atoms with Gasteiger partial charge in [-0.25, -0.2) is 0 Å². The Bertz CT molecular complexity index is 464. The van der Waals surface area contributed by atoms with Crippen LogP contribution in [0.15, 0.2) is 30.3 Å². The maximum absolute atomic E-state index is 12.1. The highest BCUT2D eigenvalue weighted by Gasteiger charge is 2.22. The molecule has 0 aliphatic carbocycles. The van der Waals surface area contributed by atoms with E-state index in [4.69, 9.17) is 5.26 Å². The number of hydrogen-bond acceptors (Lipinski definition) is 2. The fourth-order valence-corrected chi connectivity index (χ4v) is 2.72. The van der Waals surface area contributed by atoms with Crippen molar-refractivity contribution in [2.24, 2.45) is 5.92 Å². The molecule has 1 aliphatic rings. The molecule has 106 valence electrons. The van der Waals surface area contributed by atoms with Gasteiger partial charge in [0.05, 0.1) is 12.0 Å². The van der Waals surface area contributed by atoms with Gasteiger partial charge in [-0.3, -0.25) is 4.79 Å². The van der Waals surface area contributed by atoms with E-state index < -0.39 is 0 Å². The average molecular weight is 270 g/mol. The van der Waals surface area contributed by atoms with Gasteiger partial charge in [-0.15, -0.1) is 0 Å². The lowest BCUT2D eigenvalue weighted by atomic mass is 9.99. The number of rotatable bonds is 5. The predicted octanol–water partition coefficient (Wildman–Crippen LogP) is 3.16. The number of hydrogen-bond donors (Lipinski definition) is 0. The molecule has 1 atom stereocenters. The first kappa shape index (κ1) is 14.6. The molecule has 1 aliphatic heterocycles. The Morgan fingerprint density at radius 3 is 2.85 bits per heavy atom. The molecule has 20 heavy (non-hydrogen) atoms. The summed E-state index contributed by atoms with van der Waals surface area (Å²) in [6.07, 6.45) is 5.54. The van der Waals surface area contributed by atoms with E-state index in [1.54, 1.807) is 0 Å². The van der Waals surface area contributed by atoms with Crippen LogP contribution in [-0.2, 0) is 11.2 Å². The van der Waals surface area contributed by atoms with Gasteiger partial charge >= 0.3 is 0 Å². The number of likely N-dealkylation sites (tertiary alicyclic amines) is 1. The summed E-state index contributed by atoms with van der Waals surface area (Å²) in [5, 5.41) is 8.94. The second-order valence-corrected chi connectivity index (χ2v) is 5.50. The molecule has 1 heterocycles. The minimum atomic E-state index is 0.0389. The minimum absolute atomic E-state index is 0.0389. The highest BCUT2D eigenvalue weighted by atomic mass is 16.2. The van der Waals surface area contributed by atoms with Gasteiger partial charge in [-0.2, -0.15) is 5.26 Å². The van der Waals surface area contributed by atoms with E-state index in [1.165, 1.54) is 5.56 Å². The lowest BCUT2D eigenvalue weighted by Crippen LogP contribution is -2.39. The van der Waals surface area contributed by atoms with Crippen molar-refractivity contribution in [2.75, 3.05) is 13.1 Å². The smallest absolute Gasteiger partial charge is 0.222 e. The van der Waals surface area contributed by atoms with Crippen molar-refractivity contribution in [1.29, 1.82) is 5.26 Å². The maximum Gasteiger partial charge on any atom is 0.222 e. The summed E-state index contributed by atoms with van der Waals surface area (Å²) in [6.45, 7) is 1.46. The summed E-state index contributed by atoms with van der Waals surface area (Å²) in [6, 6.07) is 12.7. The highest BCUT2D eigenvalue weighted by molar-refractivity contribution is 5.76. The number of aryl methyl sites for hydroxylation is 1. The first-order chi connectivity index (χ1) is 9.79. The van der Waals surface area contributed by atoms with E-state index in [-0.39, 0.29) is 11.8 Å². The molecule has 1 saturated heterocycles. The number of amides is 1. The largest absolute Gasteiger partial charge is 0.341 e. The lowest BCUT2D eigenvalue weighted by Gasteiger charge is -2.29. The Balaban J connectivity index is 1.66. The van der Waals surface area contributed by atoms with Crippen molar-refractivity contribution < 1.29 is 4.79 Å². The fraction of sp³-hybridized carbons (Fsp3) is 0.529. The van der Waals surface area contributed by atoms with Gasteiger partial charge in [0.25, 0.3) is 0 Å². The monoisotopic (exact) mass is 270 g/mol. The molecular weight excluding hydrogens is 248 g/mol. The van der Waals surface area contributed by atoms with Gasteiger partial charge in [0, 0.05) is 19.5 Å². The van der Waals surface area contributed by atoms with Crippen molar-refractivity contribution in [3.8, 4) is 6.07 Å². The predicted molar refractivity (Wildman–Crippen MR) is 78.9 cm³/mol. The summed E-state index contributed by atoms with van der Waals surface area (Å²) in [5.74, 6) is 0.259. The Hall–Kier alpha value is -1.82. The van der Waals surface area contributed by atoms with Crippen molar-refractivity contribution in [3.05, 3.63) is 35.9 Å². The second-order valence-electron chi connectivity index (χ2n) is 5.50. The summed E-state index contributed by atoms with van der Waals surface area (Å²) in [7, 11) is 0. The Labute approximate surface area is 121 Å². The van der Waals surface area contributed by atoms with Crippen molar-refractivity contribution in [1.82, 2.24) is 4.90 Å². The van der Waals surface area contributed by atoms with Crippen molar-refractivity contribution in [2.45, 2.75) is 38.5 Å². The van der Waals surface area contributed by atoms with E-state index in [0.717, 1.165) is 38.6 Å². The van der Waals surface area contributed by atoms with Crippen LogP contribution in [0.25, 0.3) is 0 Å². The number of carbonyl (C=O) groups is 1. The van der Waals surface area contributed by atoms with Crippen molar-refractivity contribution in [3.63, 3.8) is 0 Å². The Morgan fingerprint density at radius 2 is 2.10 bits per heavy atom. The molecule has 1 aromatic rings. The fourth-order valence-electron chi connectivity index (χ4n) is 2.72. The number of nitrogens with zero attached hydrogens (tertiary/aromatic N) is 2. The number of unbranched alkanes of at least 4 members (excludes halogenated alkanes) is 1. The van der Waals surface area contributed by atoms with Crippen LogP contribution < -0.4 is 0 Å². The summed E-state index contributed by atoms with van der Waals surface area (Å²) >= 11 is 0. The van der Waals surface area contributed by atoms with E-state index in [1.807, 2.05) is 11.0 Å². The molecule has 3 heteroatoms. The zero-order chi connectivity index (χ0) is 14.2. The summed E-state index contributed by atoms with van der Waals surface area (Å²) in [5.41, 5.74) is 1.34. The minimum Gasteiger partial charge on any atom is -0.341 e. The second kappa shape index (κ2) is 7.69. The Morgan fingerprint density at radius 1 is 1.30 bits per heavy atom. The third kappa shape index (κ3) is 4.38. The molecule has 0 radical (unpaired) electrons. The lowest BCUT2D eigenvalue weighted by molar-refractivity contribution is -0.132. The van der Waals surface area contributed by atoms with Crippen LogP contribution in [0.2, 0.25) is 0 Å². The standard InChI is InChI=1S/C17H22N2O/c18-13-16-10-6-12-19(14-16)17(20)11-5-4-9-15-7-2-1-3-8-15/h1-3,7-8,16H,4-6,9-12,14H2/t16-/m0/s1. The van der Waals surface area contributed by atoms with Crippen LogP contribution >= 0.6 is 0 Å². The van der Waals surface area contributed by atoms with Gasteiger partial charge in [0.1, 0.15) is 0 Å². The number of benzene rings is 1.